The van der Waals surface area contributed by atoms with E-state index in [0.29, 0.717) is 17.7 Å². The first-order chi connectivity index (χ1) is 9.76. The van der Waals surface area contributed by atoms with Crippen molar-refractivity contribution in [3.05, 3.63) is 54.6 Å². The highest BCUT2D eigenvalue weighted by atomic mass is 31.2. The van der Waals surface area contributed by atoms with Gasteiger partial charge >= 0.3 is 0 Å². The minimum atomic E-state index is -2.87. The Morgan fingerprint density at radius 3 is 2.35 bits per heavy atom. The van der Waals surface area contributed by atoms with Crippen molar-refractivity contribution in [1.29, 1.82) is 0 Å². The lowest BCUT2D eigenvalue weighted by atomic mass is 10.3. The summed E-state index contributed by atoms with van der Waals surface area (Å²) in [5, 5.41) is 3.65. The van der Waals surface area contributed by atoms with Gasteiger partial charge in [-0.3, -0.25) is 4.57 Å². The maximum absolute atomic E-state index is 12.5. The van der Waals surface area contributed by atoms with Crippen LogP contribution in [0.4, 0.5) is 0 Å². The first kappa shape index (κ1) is 13.4. The summed E-state index contributed by atoms with van der Waals surface area (Å²) in [4.78, 5) is 0. The largest absolute Gasteiger partial charge is 0.457 e. The molecule has 0 radical (unpaired) electrons. The zero-order chi connectivity index (χ0) is 13.8. The van der Waals surface area contributed by atoms with Crippen LogP contribution in [0.2, 0.25) is 0 Å². The average Bonchev–Trinajstić information content (AvgIpc) is 2.50. The third-order valence-electron chi connectivity index (χ3n) is 3.07. The van der Waals surface area contributed by atoms with E-state index < -0.39 is 7.52 Å². The highest BCUT2D eigenvalue weighted by Gasteiger charge is 2.28. The van der Waals surface area contributed by atoms with Crippen molar-refractivity contribution in [2.45, 2.75) is 6.42 Å². The van der Waals surface area contributed by atoms with Crippen LogP contribution in [0.3, 0.4) is 0 Å². The molecule has 3 rings (SSSR count). The van der Waals surface area contributed by atoms with Crippen LogP contribution in [0.5, 0.6) is 11.5 Å². The second-order valence-electron chi connectivity index (χ2n) is 4.56. The molecule has 2 aromatic carbocycles. The third-order valence-corrected chi connectivity index (χ3v) is 5.23. The standard InChI is InChI=1S/C15H16NO3P/c17-20(16-11-4-12-18-20)15-9-7-14(8-10-15)19-13-5-2-1-3-6-13/h1-3,5-10H,4,11-12H2,(H,16,17). The van der Waals surface area contributed by atoms with Crippen LogP contribution in [-0.2, 0) is 9.09 Å². The number of para-hydroxylation sites is 1. The minimum absolute atomic E-state index is 0.534. The SMILES string of the molecule is O=P1(c2ccc(Oc3ccccc3)cc2)NCCCO1. The fraction of sp³-hybridized carbons (Fsp3) is 0.200. The Labute approximate surface area is 118 Å². The summed E-state index contributed by atoms with van der Waals surface area (Å²) in [7, 11) is -2.87. The van der Waals surface area contributed by atoms with Gasteiger partial charge in [0.2, 0.25) is 0 Å². The minimum Gasteiger partial charge on any atom is -0.457 e. The zero-order valence-corrected chi connectivity index (χ0v) is 11.9. The van der Waals surface area contributed by atoms with Gasteiger partial charge in [0, 0.05) is 6.54 Å². The number of nitrogens with one attached hydrogen (secondary N) is 1. The molecular weight excluding hydrogens is 273 g/mol. The van der Waals surface area contributed by atoms with Crippen LogP contribution in [-0.4, -0.2) is 13.2 Å². The number of ether oxygens (including phenoxy) is 1. The lowest BCUT2D eigenvalue weighted by Gasteiger charge is -2.24. The third kappa shape index (κ3) is 2.93. The van der Waals surface area contributed by atoms with Crippen molar-refractivity contribution in [2.75, 3.05) is 13.2 Å². The lowest BCUT2D eigenvalue weighted by molar-refractivity contribution is 0.285. The van der Waals surface area contributed by atoms with Gasteiger partial charge in [-0.2, -0.15) is 0 Å². The van der Waals surface area contributed by atoms with Crippen LogP contribution in [0.25, 0.3) is 0 Å². The molecule has 1 atom stereocenters. The summed E-state index contributed by atoms with van der Waals surface area (Å²) in [6.45, 7) is 1.26. The van der Waals surface area contributed by atoms with E-state index in [4.69, 9.17) is 9.26 Å². The molecule has 0 aromatic heterocycles. The molecule has 5 heteroatoms. The van der Waals surface area contributed by atoms with E-state index in [1.807, 2.05) is 42.5 Å². The van der Waals surface area contributed by atoms with E-state index in [-0.39, 0.29) is 0 Å². The van der Waals surface area contributed by atoms with Crippen LogP contribution in [0.15, 0.2) is 54.6 Å². The summed E-state index contributed by atoms with van der Waals surface area (Å²) in [5.41, 5.74) is 0. The summed E-state index contributed by atoms with van der Waals surface area (Å²) >= 11 is 0. The molecule has 104 valence electrons. The molecule has 1 heterocycles. The fourth-order valence-corrected chi connectivity index (χ4v) is 3.84. The van der Waals surface area contributed by atoms with E-state index in [2.05, 4.69) is 5.09 Å². The smallest absolute Gasteiger partial charge is 0.299 e. The molecular formula is C15H16NO3P. The predicted molar refractivity (Wildman–Crippen MR) is 78.8 cm³/mol. The van der Waals surface area contributed by atoms with Crippen LogP contribution in [0, 0.1) is 0 Å². The number of hydrogen-bond donors (Lipinski definition) is 1. The van der Waals surface area contributed by atoms with E-state index >= 15 is 0 Å². The molecule has 1 fully saturated rings. The zero-order valence-electron chi connectivity index (χ0n) is 11.0. The van der Waals surface area contributed by atoms with Crippen LogP contribution >= 0.6 is 7.52 Å². The van der Waals surface area contributed by atoms with Crippen molar-refractivity contribution in [3.8, 4) is 11.5 Å². The molecule has 2 aromatic rings. The van der Waals surface area contributed by atoms with E-state index in [1.54, 1.807) is 12.1 Å². The first-order valence-electron chi connectivity index (χ1n) is 6.59. The fourth-order valence-electron chi connectivity index (χ4n) is 2.04. The average molecular weight is 289 g/mol. The van der Waals surface area contributed by atoms with Gasteiger partial charge < -0.3 is 9.26 Å². The predicted octanol–water partition coefficient (Wildman–Crippen LogP) is 3.31. The summed E-state index contributed by atoms with van der Waals surface area (Å²) in [6, 6.07) is 16.7. The van der Waals surface area contributed by atoms with Crippen molar-refractivity contribution >= 4 is 12.8 Å². The Kier molecular flexibility index (Phi) is 3.88. The molecule has 4 nitrogen and oxygen atoms in total. The second-order valence-corrected chi connectivity index (χ2v) is 6.75. The molecule has 20 heavy (non-hydrogen) atoms. The Morgan fingerprint density at radius 1 is 1.00 bits per heavy atom. The highest BCUT2D eigenvalue weighted by molar-refractivity contribution is 7.65. The normalized spacial score (nSPS) is 22.4. The molecule has 0 bridgehead atoms. The van der Waals surface area contributed by atoms with Gasteiger partial charge in [-0.25, -0.2) is 5.09 Å². The van der Waals surface area contributed by atoms with Gasteiger partial charge in [0.25, 0.3) is 7.52 Å². The van der Waals surface area contributed by atoms with E-state index in [9.17, 15) is 4.57 Å². The molecule has 1 aliphatic rings. The number of rotatable bonds is 3. The van der Waals surface area contributed by atoms with Gasteiger partial charge in [-0.05, 0) is 42.8 Å². The molecule has 0 saturated carbocycles. The molecule has 1 N–H and O–H groups in total. The van der Waals surface area contributed by atoms with Crippen LogP contribution in [0.1, 0.15) is 6.42 Å². The van der Waals surface area contributed by atoms with Crippen molar-refractivity contribution in [3.63, 3.8) is 0 Å². The Balaban J connectivity index is 1.76. The van der Waals surface area contributed by atoms with Crippen molar-refractivity contribution in [1.82, 2.24) is 5.09 Å². The van der Waals surface area contributed by atoms with E-state index in [1.165, 1.54) is 0 Å². The Hall–Kier alpha value is -1.61. The molecule has 1 unspecified atom stereocenters. The first-order valence-corrected chi connectivity index (χ1v) is 8.22. The Morgan fingerprint density at radius 2 is 1.70 bits per heavy atom. The maximum atomic E-state index is 12.5. The van der Waals surface area contributed by atoms with E-state index in [0.717, 1.165) is 18.7 Å². The lowest BCUT2D eigenvalue weighted by Crippen LogP contribution is -2.27. The van der Waals surface area contributed by atoms with Gasteiger partial charge in [-0.1, -0.05) is 18.2 Å². The summed E-state index contributed by atoms with van der Waals surface area (Å²) in [5.74, 6) is 1.49. The maximum Gasteiger partial charge on any atom is 0.299 e. The second kappa shape index (κ2) is 5.80. The van der Waals surface area contributed by atoms with Gasteiger partial charge in [-0.15, -0.1) is 0 Å². The molecule has 0 amide bonds. The number of benzene rings is 2. The van der Waals surface area contributed by atoms with Gasteiger partial charge in [0.05, 0.1) is 11.9 Å². The van der Waals surface area contributed by atoms with Gasteiger partial charge in [0.1, 0.15) is 11.5 Å². The van der Waals surface area contributed by atoms with Crippen molar-refractivity contribution < 1.29 is 13.8 Å². The quantitative estimate of drug-likeness (QED) is 0.881. The highest BCUT2D eigenvalue weighted by Crippen LogP contribution is 2.43. The number of hydrogen-bond acceptors (Lipinski definition) is 3. The topological polar surface area (TPSA) is 47.6 Å². The summed E-state index contributed by atoms with van der Waals surface area (Å²) in [6.07, 6.45) is 0.888. The molecule has 1 saturated heterocycles. The monoisotopic (exact) mass is 289 g/mol. The van der Waals surface area contributed by atoms with Crippen molar-refractivity contribution in [2.24, 2.45) is 0 Å². The summed E-state index contributed by atoms with van der Waals surface area (Å²) < 4.78 is 23.6. The molecule has 0 aliphatic carbocycles. The molecule has 0 spiro atoms. The Bertz CT molecular complexity index is 603. The van der Waals surface area contributed by atoms with Gasteiger partial charge in [0.15, 0.2) is 0 Å². The van der Waals surface area contributed by atoms with Crippen LogP contribution < -0.4 is 15.1 Å². The molecule has 1 aliphatic heterocycles.